The van der Waals surface area contributed by atoms with Gasteiger partial charge in [-0.05, 0) is 43.7 Å². The van der Waals surface area contributed by atoms with E-state index in [1.54, 1.807) is 12.1 Å². The third-order valence-corrected chi connectivity index (χ3v) is 4.97. The summed E-state index contributed by atoms with van der Waals surface area (Å²) in [6.45, 7) is 4.25. The minimum atomic E-state index is -3.44. The van der Waals surface area contributed by atoms with Crippen LogP contribution in [0, 0.1) is 0 Å². The summed E-state index contributed by atoms with van der Waals surface area (Å²) in [5, 5.41) is 0. The van der Waals surface area contributed by atoms with Crippen LogP contribution in [0.2, 0.25) is 0 Å². The van der Waals surface area contributed by atoms with Gasteiger partial charge in [-0.25, -0.2) is 13.1 Å². The van der Waals surface area contributed by atoms with Crippen molar-refractivity contribution in [2.24, 2.45) is 5.84 Å². The van der Waals surface area contributed by atoms with Crippen LogP contribution in [0.5, 0.6) is 0 Å². The molecule has 2 rings (SSSR count). The smallest absolute Gasteiger partial charge is 0.240 e. The van der Waals surface area contributed by atoms with Gasteiger partial charge >= 0.3 is 0 Å². The molecule has 0 unspecified atom stereocenters. The highest BCUT2D eigenvalue weighted by Crippen LogP contribution is 2.25. The number of rotatable bonds is 8. The maximum atomic E-state index is 12.1. The average molecular weight is 298 g/mol. The molecule has 6 nitrogen and oxygen atoms in total. The Morgan fingerprint density at radius 2 is 1.95 bits per heavy atom. The number of nitrogen functional groups attached to an aromatic ring is 1. The van der Waals surface area contributed by atoms with Crippen LogP contribution in [-0.2, 0) is 10.0 Å². The third kappa shape index (κ3) is 3.92. The van der Waals surface area contributed by atoms with Gasteiger partial charge in [0.15, 0.2) is 0 Å². The Bertz CT molecular complexity index is 526. The summed E-state index contributed by atoms with van der Waals surface area (Å²) in [5.74, 6) is 5.25. The zero-order valence-corrected chi connectivity index (χ0v) is 12.5. The van der Waals surface area contributed by atoms with Crippen molar-refractivity contribution < 1.29 is 8.42 Å². The lowest BCUT2D eigenvalue weighted by Crippen LogP contribution is -2.36. The molecule has 1 aliphatic carbocycles. The molecule has 0 heterocycles. The predicted molar refractivity (Wildman–Crippen MR) is 79.7 cm³/mol. The van der Waals surface area contributed by atoms with Gasteiger partial charge in [0.25, 0.3) is 0 Å². The number of hydrogen-bond donors (Lipinski definition) is 3. The van der Waals surface area contributed by atoms with Gasteiger partial charge in [0.05, 0.1) is 4.90 Å². The van der Waals surface area contributed by atoms with E-state index in [9.17, 15) is 8.42 Å². The standard InChI is InChI=1S/C13H22N4O2S/c1-2-17(12-5-6-12)10-9-15-20(18,19)13-7-3-11(16-14)4-8-13/h3-4,7-8,12,15-16H,2,5-6,9-10,14H2,1H3. The normalized spacial score (nSPS) is 15.6. The van der Waals surface area contributed by atoms with Crippen LogP contribution in [0.1, 0.15) is 19.8 Å². The fraction of sp³-hybridized carbons (Fsp3) is 0.538. The zero-order valence-electron chi connectivity index (χ0n) is 11.7. The lowest BCUT2D eigenvalue weighted by molar-refractivity contribution is 0.282. The van der Waals surface area contributed by atoms with Crippen molar-refractivity contribution in [3.63, 3.8) is 0 Å². The van der Waals surface area contributed by atoms with Crippen molar-refractivity contribution in [3.05, 3.63) is 24.3 Å². The largest absolute Gasteiger partial charge is 0.324 e. The van der Waals surface area contributed by atoms with E-state index < -0.39 is 10.0 Å². The quantitative estimate of drug-likeness (QED) is 0.486. The van der Waals surface area contributed by atoms with Gasteiger partial charge in [0.2, 0.25) is 10.0 Å². The summed E-state index contributed by atoms with van der Waals surface area (Å²) < 4.78 is 26.9. The van der Waals surface area contributed by atoms with Crippen LogP contribution in [0.3, 0.4) is 0 Å². The zero-order chi connectivity index (χ0) is 14.6. The molecule has 7 heteroatoms. The number of nitrogens with zero attached hydrogens (tertiary/aromatic N) is 1. The summed E-state index contributed by atoms with van der Waals surface area (Å²) in [6, 6.07) is 7.00. The van der Waals surface area contributed by atoms with Crippen molar-refractivity contribution >= 4 is 15.7 Å². The van der Waals surface area contributed by atoms with Gasteiger partial charge < -0.3 is 5.43 Å². The SMILES string of the molecule is CCN(CCNS(=O)(=O)c1ccc(NN)cc1)C1CC1. The highest BCUT2D eigenvalue weighted by atomic mass is 32.2. The van der Waals surface area contributed by atoms with Crippen LogP contribution in [0.4, 0.5) is 5.69 Å². The first-order valence-corrected chi connectivity index (χ1v) is 8.35. The molecule has 1 saturated carbocycles. The van der Waals surface area contributed by atoms with Crippen LogP contribution in [0.25, 0.3) is 0 Å². The predicted octanol–water partition coefficient (Wildman–Crippen LogP) is 0.735. The molecule has 1 aromatic carbocycles. The molecule has 1 fully saturated rings. The number of sulfonamides is 1. The van der Waals surface area contributed by atoms with Crippen molar-refractivity contribution in [2.75, 3.05) is 25.1 Å². The Labute approximate surface area is 120 Å². The Hall–Kier alpha value is -1.15. The summed E-state index contributed by atoms with van der Waals surface area (Å²) in [6.07, 6.45) is 2.46. The summed E-state index contributed by atoms with van der Waals surface area (Å²) in [7, 11) is -3.44. The second-order valence-corrected chi connectivity index (χ2v) is 6.69. The number of hydrazine groups is 1. The van der Waals surface area contributed by atoms with E-state index in [-0.39, 0.29) is 4.90 Å². The lowest BCUT2D eigenvalue weighted by atomic mass is 10.3. The topological polar surface area (TPSA) is 87.5 Å². The highest BCUT2D eigenvalue weighted by molar-refractivity contribution is 7.89. The number of benzene rings is 1. The molecule has 0 amide bonds. The van der Waals surface area contributed by atoms with Gasteiger partial charge in [0.1, 0.15) is 0 Å². The number of nitrogens with one attached hydrogen (secondary N) is 2. The minimum absolute atomic E-state index is 0.256. The first-order chi connectivity index (χ1) is 9.56. The van der Waals surface area contributed by atoms with Gasteiger partial charge in [-0.15, -0.1) is 0 Å². The molecule has 20 heavy (non-hydrogen) atoms. The maximum Gasteiger partial charge on any atom is 0.240 e. The Balaban J connectivity index is 1.89. The lowest BCUT2D eigenvalue weighted by Gasteiger charge is -2.19. The highest BCUT2D eigenvalue weighted by Gasteiger charge is 2.27. The Morgan fingerprint density at radius 3 is 2.45 bits per heavy atom. The molecule has 1 aromatic rings. The van der Waals surface area contributed by atoms with Crippen LogP contribution in [-0.4, -0.2) is 39.0 Å². The van der Waals surface area contributed by atoms with E-state index in [0.717, 1.165) is 13.1 Å². The monoisotopic (exact) mass is 298 g/mol. The maximum absolute atomic E-state index is 12.1. The van der Waals surface area contributed by atoms with E-state index >= 15 is 0 Å². The molecule has 112 valence electrons. The van der Waals surface area contributed by atoms with E-state index in [4.69, 9.17) is 5.84 Å². The average Bonchev–Trinajstić information content (AvgIpc) is 3.28. The van der Waals surface area contributed by atoms with Crippen LogP contribution < -0.4 is 16.0 Å². The molecule has 0 aromatic heterocycles. The molecule has 0 radical (unpaired) electrons. The summed E-state index contributed by atoms with van der Waals surface area (Å²) in [4.78, 5) is 2.57. The van der Waals surface area contributed by atoms with Crippen LogP contribution in [0.15, 0.2) is 29.2 Å². The molecule has 0 bridgehead atoms. The molecule has 0 aliphatic heterocycles. The van der Waals surface area contributed by atoms with Gasteiger partial charge in [-0.3, -0.25) is 10.7 Å². The summed E-state index contributed by atoms with van der Waals surface area (Å²) >= 11 is 0. The molecule has 0 spiro atoms. The first kappa shape index (κ1) is 15.2. The fourth-order valence-corrected chi connectivity index (χ4v) is 3.20. The Kier molecular flexibility index (Phi) is 4.98. The van der Waals surface area contributed by atoms with E-state index in [2.05, 4.69) is 22.0 Å². The Morgan fingerprint density at radius 1 is 1.30 bits per heavy atom. The fourth-order valence-electron chi connectivity index (χ4n) is 2.18. The van der Waals surface area contributed by atoms with E-state index in [1.807, 2.05) is 0 Å². The van der Waals surface area contributed by atoms with Crippen molar-refractivity contribution in [1.82, 2.24) is 9.62 Å². The van der Waals surface area contributed by atoms with Gasteiger partial charge in [-0.1, -0.05) is 6.92 Å². The molecular weight excluding hydrogens is 276 g/mol. The number of likely N-dealkylation sites (N-methyl/N-ethyl adjacent to an activating group) is 1. The van der Waals surface area contributed by atoms with Crippen molar-refractivity contribution in [1.29, 1.82) is 0 Å². The molecule has 1 aliphatic rings. The van der Waals surface area contributed by atoms with E-state index in [0.29, 0.717) is 18.3 Å². The van der Waals surface area contributed by atoms with Crippen molar-refractivity contribution in [2.45, 2.75) is 30.7 Å². The van der Waals surface area contributed by atoms with Gasteiger partial charge in [0, 0.05) is 24.8 Å². The minimum Gasteiger partial charge on any atom is -0.324 e. The molecular formula is C13H22N4O2S. The van der Waals surface area contributed by atoms with Gasteiger partial charge in [-0.2, -0.15) is 0 Å². The third-order valence-electron chi connectivity index (χ3n) is 3.49. The van der Waals surface area contributed by atoms with Crippen LogP contribution >= 0.6 is 0 Å². The molecule has 4 N–H and O–H groups in total. The molecule has 0 atom stereocenters. The van der Waals surface area contributed by atoms with E-state index in [1.165, 1.54) is 25.0 Å². The number of hydrogen-bond acceptors (Lipinski definition) is 5. The number of anilines is 1. The number of nitrogens with two attached hydrogens (primary N) is 1. The second kappa shape index (κ2) is 6.53. The summed E-state index contributed by atoms with van der Waals surface area (Å²) in [5.41, 5.74) is 3.14. The second-order valence-electron chi connectivity index (χ2n) is 4.93. The molecule has 0 saturated heterocycles. The first-order valence-electron chi connectivity index (χ1n) is 6.87. The van der Waals surface area contributed by atoms with Crippen molar-refractivity contribution in [3.8, 4) is 0 Å².